The van der Waals surface area contributed by atoms with Crippen LogP contribution in [0.4, 0.5) is 0 Å². The van der Waals surface area contributed by atoms with Gasteiger partial charge in [-0.05, 0) is 51.7 Å². The molecule has 1 aromatic carbocycles. The summed E-state index contributed by atoms with van der Waals surface area (Å²) in [4.78, 5) is 6.92. The molecule has 0 amide bonds. The minimum Gasteiger partial charge on any atom is -0.355 e. The molecule has 4 nitrogen and oxygen atoms in total. The van der Waals surface area contributed by atoms with Crippen LogP contribution in [0.25, 0.3) is 0 Å². The third kappa shape index (κ3) is 5.54. The Morgan fingerprint density at radius 1 is 1.26 bits per heavy atom. The highest BCUT2D eigenvalue weighted by atomic mass is 15.2. The fourth-order valence-corrected chi connectivity index (χ4v) is 3.02. The minimum absolute atomic E-state index is 0.620. The van der Waals surface area contributed by atoms with Crippen LogP contribution < -0.4 is 10.6 Å². The molecule has 2 rings (SSSR count). The lowest BCUT2D eigenvalue weighted by atomic mass is 10.1. The molecule has 1 aliphatic carbocycles. The topological polar surface area (TPSA) is 39.7 Å². The Kier molecular flexibility index (Phi) is 6.46. The van der Waals surface area contributed by atoms with Gasteiger partial charge in [-0.2, -0.15) is 0 Å². The van der Waals surface area contributed by atoms with Gasteiger partial charge >= 0.3 is 0 Å². The number of rotatable bonds is 7. The van der Waals surface area contributed by atoms with Gasteiger partial charge in [0, 0.05) is 38.8 Å². The van der Waals surface area contributed by atoms with Gasteiger partial charge in [-0.3, -0.25) is 9.89 Å². The molecule has 23 heavy (non-hydrogen) atoms. The molecular formula is C19H32N4. The molecule has 0 atom stereocenters. The molecule has 1 aromatic rings. The van der Waals surface area contributed by atoms with Crippen molar-refractivity contribution >= 4 is 5.96 Å². The summed E-state index contributed by atoms with van der Waals surface area (Å²) in [6.07, 6.45) is 2.72. The Morgan fingerprint density at radius 2 is 2.00 bits per heavy atom. The summed E-state index contributed by atoms with van der Waals surface area (Å²) in [6, 6.07) is 8.01. The summed E-state index contributed by atoms with van der Waals surface area (Å²) in [7, 11) is 1.83. The summed E-state index contributed by atoms with van der Waals surface area (Å²) in [6.45, 7) is 11.7. The van der Waals surface area contributed by atoms with Crippen LogP contribution in [0.1, 0.15) is 43.4 Å². The highest BCUT2D eigenvalue weighted by Crippen LogP contribution is 2.27. The molecule has 0 aliphatic heterocycles. The first kappa shape index (κ1) is 17.8. The first-order valence-electron chi connectivity index (χ1n) is 8.77. The van der Waals surface area contributed by atoms with E-state index in [1.165, 1.54) is 29.5 Å². The van der Waals surface area contributed by atoms with E-state index in [0.29, 0.717) is 6.04 Å². The maximum atomic E-state index is 4.33. The number of hydrogen-bond acceptors (Lipinski definition) is 2. The van der Waals surface area contributed by atoms with Gasteiger partial charge in [-0.15, -0.1) is 0 Å². The van der Waals surface area contributed by atoms with E-state index in [2.05, 4.69) is 66.4 Å². The first-order valence-corrected chi connectivity index (χ1v) is 8.77. The van der Waals surface area contributed by atoms with Gasteiger partial charge in [-0.1, -0.05) is 23.8 Å². The van der Waals surface area contributed by atoms with Crippen LogP contribution in [0, 0.1) is 13.8 Å². The predicted molar refractivity (Wildman–Crippen MR) is 99.0 cm³/mol. The van der Waals surface area contributed by atoms with Crippen molar-refractivity contribution in [3.05, 3.63) is 34.9 Å². The molecule has 1 saturated carbocycles. The Balaban J connectivity index is 1.77. The van der Waals surface area contributed by atoms with Crippen LogP contribution >= 0.6 is 0 Å². The van der Waals surface area contributed by atoms with Crippen molar-refractivity contribution in [3.8, 4) is 0 Å². The van der Waals surface area contributed by atoms with Crippen LogP contribution in [0.5, 0.6) is 0 Å². The Morgan fingerprint density at radius 3 is 2.57 bits per heavy atom. The van der Waals surface area contributed by atoms with E-state index < -0.39 is 0 Å². The Hall–Kier alpha value is -1.55. The van der Waals surface area contributed by atoms with Crippen molar-refractivity contribution in [1.29, 1.82) is 0 Å². The van der Waals surface area contributed by atoms with Crippen molar-refractivity contribution in [3.63, 3.8) is 0 Å². The van der Waals surface area contributed by atoms with Crippen LogP contribution in [0.3, 0.4) is 0 Å². The monoisotopic (exact) mass is 316 g/mol. The summed E-state index contributed by atoms with van der Waals surface area (Å²) < 4.78 is 0. The normalized spacial score (nSPS) is 15.3. The number of hydrogen-bond donors (Lipinski definition) is 2. The lowest BCUT2D eigenvalue weighted by Gasteiger charge is -2.26. The number of guanidine groups is 1. The maximum Gasteiger partial charge on any atom is 0.191 e. The van der Waals surface area contributed by atoms with Crippen LogP contribution in [0.15, 0.2) is 23.2 Å². The molecular weight excluding hydrogens is 284 g/mol. The number of benzene rings is 1. The average Bonchev–Trinajstić information content (AvgIpc) is 3.32. The molecule has 2 N–H and O–H groups in total. The molecule has 0 saturated heterocycles. The van der Waals surface area contributed by atoms with Gasteiger partial charge in [-0.25, -0.2) is 0 Å². The second-order valence-electron chi connectivity index (χ2n) is 6.85. The summed E-state index contributed by atoms with van der Waals surface area (Å²) in [5.41, 5.74) is 3.95. The van der Waals surface area contributed by atoms with Gasteiger partial charge in [0.15, 0.2) is 5.96 Å². The molecule has 128 valence electrons. The Bertz CT molecular complexity index is 530. The van der Waals surface area contributed by atoms with Crippen molar-refractivity contribution in [2.75, 3.05) is 20.1 Å². The highest BCUT2D eigenvalue weighted by Gasteiger charge is 2.30. The SMILES string of the molecule is CN=C(NCCN(C(C)C)C1CC1)NCc1ccc(C)cc1C. The van der Waals surface area contributed by atoms with Crippen molar-refractivity contribution in [2.45, 2.75) is 59.2 Å². The minimum atomic E-state index is 0.620. The third-order valence-corrected chi connectivity index (χ3v) is 4.51. The molecule has 1 fully saturated rings. The average molecular weight is 316 g/mol. The smallest absolute Gasteiger partial charge is 0.191 e. The molecule has 0 heterocycles. The molecule has 1 aliphatic rings. The second-order valence-corrected chi connectivity index (χ2v) is 6.85. The van der Waals surface area contributed by atoms with E-state index in [9.17, 15) is 0 Å². The van der Waals surface area contributed by atoms with Gasteiger partial charge in [0.1, 0.15) is 0 Å². The zero-order chi connectivity index (χ0) is 16.8. The highest BCUT2D eigenvalue weighted by molar-refractivity contribution is 5.79. The molecule has 0 aromatic heterocycles. The summed E-state index contributed by atoms with van der Waals surface area (Å²) in [5, 5.41) is 6.85. The van der Waals surface area contributed by atoms with E-state index in [1.807, 2.05) is 7.05 Å². The lowest BCUT2D eigenvalue weighted by Crippen LogP contribution is -2.43. The van der Waals surface area contributed by atoms with Crippen molar-refractivity contribution < 1.29 is 0 Å². The lowest BCUT2D eigenvalue weighted by molar-refractivity contribution is 0.215. The molecule has 0 bridgehead atoms. The molecule has 0 radical (unpaired) electrons. The number of nitrogens with zero attached hydrogens (tertiary/aromatic N) is 2. The van der Waals surface area contributed by atoms with Crippen molar-refractivity contribution in [2.24, 2.45) is 4.99 Å². The number of aryl methyl sites for hydroxylation is 2. The van der Waals surface area contributed by atoms with E-state index >= 15 is 0 Å². The quantitative estimate of drug-likeness (QED) is 0.600. The van der Waals surface area contributed by atoms with E-state index in [4.69, 9.17) is 0 Å². The largest absolute Gasteiger partial charge is 0.355 e. The van der Waals surface area contributed by atoms with Gasteiger partial charge in [0.05, 0.1) is 0 Å². The zero-order valence-electron chi connectivity index (χ0n) is 15.3. The summed E-state index contributed by atoms with van der Waals surface area (Å²) in [5.74, 6) is 0.879. The van der Waals surface area contributed by atoms with Gasteiger partial charge in [0.2, 0.25) is 0 Å². The van der Waals surface area contributed by atoms with E-state index in [1.54, 1.807) is 0 Å². The maximum absolute atomic E-state index is 4.33. The molecule has 4 heteroatoms. The van der Waals surface area contributed by atoms with Crippen molar-refractivity contribution in [1.82, 2.24) is 15.5 Å². The summed E-state index contributed by atoms with van der Waals surface area (Å²) >= 11 is 0. The van der Waals surface area contributed by atoms with Gasteiger partial charge < -0.3 is 10.6 Å². The zero-order valence-corrected chi connectivity index (χ0v) is 15.3. The standard InChI is InChI=1S/C19H32N4/c1-14(2)23(18-8-9-18)11-10-21-19(20-5)22-13-17-7-6-15(3)12-16(17)4/h6-7,12,14,18H,8-11,13H2,1-5H3,(H2,20,21,22). The second kappa shape index (κ2) is 8.34. The fourth-order valence-electron chi connectivity index (χ4n) is 3.02. The van der Waals surface area contributed by atoms with Crippen LogP contribution in [-0.2, 0) is 6.54 Å². The van der Waals surface area contributed by atoms with Gasteiger partial charge in [0.25, 0.3) is 0 Å². The first-order chi connectivity index (χ1) is 11.0. The number of nitrogens with one attached hydrogen (secondary N) is 2. The molecule has 0 spiro atoms. The van der Waals surface area contributed by atoms with E-state index in [-0.39, 0.29) is 0 Å². The number of aliphatic imine (C=N–C) groups is 1. The van der Waals surface area contributed by atoms with E-state index in [0.717, 1.165) is 31.6 Å². The van der Waals surface area contributed by atoms with Crippen LogP contribution in [0.2, 0.25) is 0 Å². The Labute approximate surface area is 141 Å². The van der Waals surface area contributed by atoms with Crippen LogP contribution in [-0.4, -0.2) is 43.1 Å². The third-order valence-electron chi connectivity index (χ3n) is 4.51. The molecule has 0 unspecified atom stereocenters. The predicted octanol–water partition coefficient (Wildman–Crippen LogP) is 2.84. The fraction of sp³-hybridized carbons (Fsp3) is 0.632.